The number of hydrogen-bond acceptors (Lipinski definition) is 4. The molecule has 0 saturated carbocycles. The molecule has 1 fully saturated rings. The summed E-state index contributed by atoms with van der Waals surface area (Å²) in [6.07, 6.45) is -7.75. The molecule has 0 bridgehead atoms. The number of benzene rings is 1. The largest absolute Gasteiger partial charge is 0.416 e. The zero-order valence-electron chi connectivity index (χ0n) is 12.0. The molecule has 1 unspecified atom stereocenters. The monoisotopic (exact) mass is 336 g/mol. The van der Waals surface area contributed by atoms with Crippen molar-refractivity contribution in [2.75, 3.05) is 19.8 Å². The SMILES string of the molecule is CC1(c2cc(C(F)F)cc(C(F)(F)F)c2)ON=C2COCCN21. The Kier molecular flexibility index (Phi) is 3.70. The van der Waals surface area contributed by atoms with Crippen LogP contribution in [0.4, 0.5) is 22.0 Å². The van der Waals surface area contributed by atoms with Gasteiger partial charge < -0.3 is 14.5 Å². The Bertz CT molecular complexity index is 647. The maximum atomic E-state index is 13.0. The first-order valence-corrected chi connectivity index (χ1v) is 6.83. The molecule has 23 heavy (non-hydrogen) atoms. The molecule has 0 radical (unpaired) electrons. The highest BCUT2D eigenvalue weighted by Crippen LogP contribution is 2.40. The molecule has 0 N–H and O–H groups in total. The Morgan fingerprint density at radius 1 is 1.26 bits per heavy atom. The molecular formula is C14H13F5N2O2. The predicted molar refractivity (Wildman–Crippen MR) is 69.8 cm³/mol. The summed E-state index contributed by atoms with van der Waals surface area (Å²) in [6.45, 7) is 2.35. The van der Waals surface area contributed by atoms with Gasteiger partial charge in [-0.25, -0.2) is 8.78 Å². The van der Waals surface area contributed by atoms with E-state index in [2.05, 4.69) is 5.16 Å². The average Bonchev–Trinajstić information content (AvgIpc) is 2.85. The fraction of sp³-hybridized carbons (Fsp3) is 0.500. The maximum Gasteiger partial charge on any atom is 0.416 e. The highest BCUT2D eigenvalue weighted by atomic mass is 19.4. The summed E-state index contributed by atoms with van der Waals surface area (Å²) in [6, 6.07) is 2.29. The third-order valence-electron chi connectivity index (χ3n) is 3.92. The van der Waals surface area contributed by atoms with Crippen molar-refractivity contribution in [3.8, 4) is 0 Å². The zero-order chi connectivity index (χ0) is 16.8. The molecule has 0 spiro atoms. The number of morpholine rings is 1. The van der Waals surface area contributed by atoms with Crippen molar-refractivity contribution in [1.29, 1.82) is 0 Å². The van der Waals surface area contributed by atoms with Crippen LogP contribution in [0.25, 0.3) is 0 Å². The first-order chi connectivity index (χ1) is 10.7. The second-order valence-corrected chi connectivity index (χ2v) is 5.43. The molecular weight excluding hydrogens is 323 g/mol. The molecule has 9 heteroatoms. The van der Waals surface area contributed by atoms with Crippen LogP contribution in [-0.4, -0.2) is 30.5 Å². The van der Waals surface area contributed by atoms with Crippen molar-refractivity contribution >= 4 is 5.84 Å². The number of rotatable bonds is 2. The summed E-state index contributed by atoms with van der Waals surface area (Å²) >= 11 is 0. The van der Waals surface area contributed by atoms with Crippen LogP contribution < -0.4 is 0 Å². The molecule has 2 aliphatic rings. The average molecular weight is 336 g/mol. The van der Waals surface area contributed by atoms with E-state index in [-0.39, 0.29) is 12.2 Å². The van der Waals surface area contributed by atoms with Crippen LogP contribution in [0.15, 0.2) is 23.4 Å². The van der Waals surface area contributed by atoms with Crippen LogP contribution >= 0.6 is 0 Å². The van der Waals surface area contributed by atoms with Gasteiger partial charge in [0.2, 0.25) is 5.72 Å². The van der Waals surface area contributed by atoms with E-state index in [9.17, 15) is 22.0 Å². The molecule has 2 aliphatic heterocycles. The summed E-state index contributed by atoms with van der Waals surface area (Å²) in [5, 5.41) is 3.80. The zero-order valence-corrected chi connectivity index (χ0v) is 12.0. The van der Waals surface area contributed by atoms with Gasteiger partial charge in [-0.2, -0.15) is 13.2 Å². The van der Waals surface area contributed by atoms with Crippen LogP contribution in [0.5, 0.6) is 0 Å². The van der Waals surface area contributed by atoms with Gasteiger partial charge in [0, 0.05) is 24.6 Å². The van der Waals surface area contributed by atoms with Crippen LogP contribution in [-0.2, 0) is 21.5 Å². The molecule has 0 aromatic heterocycles. The smallest absolute Gasteiger partial charge is 0.372 e. The highest BCUT2D eigenvalue weighted by Gasteiger charge is 2.46. The molecule has 1 atom stereocenters. The van der Waals surface area contributed by atoms with E-state index in [1.54, 1.807) is 4.90 Å². The van der Waals surface area contributed by atoms with Gasteiger partial charge in [-0.05, 0) is 18.2 Å². The highest BCUT2D eigenvalue weighted by molar-refractivity contribution is 5.85. The topological polar surface area (TPSA) is 34.1 Å². The lowest BCUT2D eigenvalue weighted by Gasteiger charge is -2.37. The Balaban J connectivity index is 2.07. The van der Waals surface area contributed by atoms with E-state index in [0.717, 1.165) is 12.1 Å². The first-order valence-electron chi connectivity index (χ1n) is 6.83. The Labute approximate surface area is 128 Å². The van der Waals surface area contributed by atoms with Crippen molar-refractivity contribution in [3.63, 3.8) is 0 Å². The van der Waals surface area contributed by atoms with E-state index in [4.69, 9.17) is 9.57 Å². The van der Waals surface area contributed by atoms with Gasteiger partial charge >= 0.3 is 6.18 Å². The molecule has 1 aromatic carbocycles. The maximum absolute atomic E-state index is 13.0. The predicted octanol–water partition coefficient (Wildman–Crippen LogP) is 3.49. The van der Waals surface area contributed by atoms with Crippen molar-refractivity contribution in [2.45, 2.75) is 25.3 Å². The minimum Gasteiger partial charge on any atom is -0.372 e. The number of halogens is 5. The number of oxime groups is 1. The second kappa shape index (κ2) is 5.33. The van der Waals surface area contributed by atoms with Gasteiger partial charge in [0.05, 0.1) is 12.2 Å². The molecule has 1 saturated heterocycles. The summed E-state index contributed by atoms with van der Waals surface area (Å²) in [7, 11) is 0. The third kappa shape index (κ3) is 2.73. The molecule has 126 valence electrons. The third-order valence-corrected chi connectivity index (χ3v) is 3.92. The molecule has 4 nitrogen and oxygen atoms in total. The normalized spacial score (nSPS) is 24.5. The van der Waals surface area contributed by atoms with Gasteiger partial charge in [-0.1, -0.05) is 5.16 Å². The molecule has 3 rings (SSSR count). The van der Waals surface area contributed by atoms with Gasteiger partial charge in [0.1, 0.15) is 6.61 Å². The lowest BCUT2D eigenvalue weighted by molar-refractivity contribution is -0.138. The first kappa shape index (κ1) is 16.0. The molecule has 0 amide bonds. The summed E-state index contributed by atoms with van der Waals surface area (Å²) in [5.41, 5.74) is -3.24. The number of alkyl halides is 5. The molecule has 2 heterocycles. The van der Waals surface area contributed by atoms with Gasteiger partial charge in [-0.15, -0.1) is 0 Å². The summed E-state index contributed by atoms with van der Waals surface area (Å²) in [4.78, 5) is 6.92. The minimum atomic E-state index is -4.73. The number of nitrogens with zero attached hydrogens (tertiary/aromatic N) is 2. The number of amidine groups is 1. The Morgan fingerprint density at radius 2 is 2.00 bits per heavy atom. The lowest BCUT2D eigenvalue weighted by Crippen LogP contribution is -2.49. The van der Waals surface area contributed by atoms with Crippen LogP contribution in [0.1, 0.15) is 30.0 Å². The summed E-state index contributed by atoms with van der Waals surface area (Å²) in [5.74, 6) is 0.426. The van der Waals surface area contributed by atoms with E-state index >= 15 is 0 Å². The molecule has 1 aromatic rings. The van der Waals surface area contributed by atoms with Gasteiger partial charge in [0.15, 0.2) is 5.84 Å². The van der Waals surface area contributed by atoms with Crippen molar-refractivity contribution in [1.82, 2.24) is 4.90 Å². The Hall–Kier alpha value is -1.90. The van der Waals surface area contributed by atoms with Crippen LogP contribution in [0, 0.1) is 0 Å². The Morgan fingerprint density at radius 3 is 2.65 bits per heavy atom. The van der Waals surface area contributed by atoms with Crippen LogP contribution in [0.3, 0.4) is 0 Å². The fourth-order valence-electron chi connectivity index (χ4n) is 2.67. The quantitative estimate of drug-likeness (QED) is 0.776. The van der Waals surface area contributed by atoms with Crippen molar-refractivity contribution in [2.24, 2.45) is 5.16 Å². The minimum absolute atomic E-state index is 0.0247. The number of fused-ring (bicyclic) bond motifs is 1. The van der Waals surface area contributed by atoms with Gasteiger partial charge in [0.25, 0.3) is 6.43 Å². The summed E-state index contributed by atoms with van der Waals surface area (Å²) < 4.78 is 70.2. The van der Waals surface area contributed by atoms with Crippen LogP contribution in [0.2, 0.25) is 0 Å². The van der Waals surface area contributed by atoms with E-state index in [0.29, 0.717) is 25.1 Å². The number of ether oxygens (including phenoxy) is 1. The van der Waals surface area contributed by atoms with Crippen molar-refractivity contribution < 1.29 is 31.5 Å². The lowest BCUT2D eigenvalue weighted by atomic mass is 9.96. The number of hydrogen-bond donors (Lipinski definition) is 0. The van der Waals surface area contributed by atoms with E-state index in [1.165, 1.54) is 6.92 Å². The van der Waals surface area contributed by atoms with E-state index < -0.39 is 29.5 Å². The second-order valence-electron chi connectivity index (χ2n) is 5.43. The van der Waals surface area contributed by atoms with E-state index in [1.807, 2.05) is 0 Å². The van der Waals surface area contributed by atoms with Crippen molar-refractivity contribution in [3.05, 3.63) is 34.9 Å². The standard InChI is InChI=1S/C14H13F5N2O2/c1-13(21-2-3-22-7-11(21)20-23-13)9-4-8(12(15)16)5-10(6-9)14(17,18)19/h4-6,12H,2-3,7H2,1H3. The van der Waals surface area contributed by atoms with Gasteiger partial charge in [-0.3, -0.25) is 0 Å². The fourth-order valence-corrected chi connectivity index (χ4v) is 2.67. The molecule has 0 aliphatic carbocycles.